The second-order valence-electron chi connectivity index (χ2n) is 7.29. The smallest absolute Gasteiger partial charge is 0.293 e. The highest BCUT2D eigenvalue weighted by molar-refractivity contribution is 5.79. The molecule has 0 bridgehead atoms. The molecule has 0 aromatic rings. The molecule has 0 aromatic carbocycles. The second-order valence-corrected chi connectivity index (χ2v) is 7.29. The first kappa shape index (κ1) is 24.8. The van der Waals surface area contributed by atoms with Crippen LogP contribution in [0.4, 0.5) is 0 Å². The van der Waals surface area contributed by atoms with Crippen molar-refractivity contribution in [2.24, 2.45) is 0 Å². The lowest BCUT2D eigenvalue weighted by atomic mass is 10.0. The van der Waals surface area contributed by atoms with Crippen LogP contribution in [0.5, 0.6) is 0 Å². The Morgan fingerprint density at radius 1 is 0.615 bits per heavy atom. The first-order valence-corrected chi connectivity index (χ1v) is 10.8. The normalized spacial score (nSPS) is 10.7. The Morgan fingerprint density at radius 3 is 1.46 bits per heavy atom. The summed E-state index contributed by atoms with van der Waals surface area (Å²) in [6, 6.07) is 0. The van der Waals surface area contributed by atoms with Crippen LogP contribution < -0.4 is 0 Å². The molecule has 0 heterocycles. The number of rotatable bonds is 21. The van der Waals surface area contributed by atoms with Crippen molar-refractivity contribution in [1.82, 2.24) is 0 Å². The van der Waals surface area contributed by atoms with Gasteiger partial charge in [0, 0.05) is 25.7 Å². The molecule has 0 aliphatic carbocycles. The Kier molecular flexibility index (Phi) is 19.2. The topological polar surface area (TPSA) is 60.4 Å². The van der Waals surface area contributed by atoms with Gasteiger partial charge < -0.3 is 4.74 Å². The quantitative estimate of drug-likeness (QED) is 0.185. The number of carbonyl (C=O) groups excluding carboxylic acids is 3. The van der Waals surface area contributed by atoms with Gasteiger partial charge in [-0.15, -0.1) is 0 Å². The average Bonchev–Trinajstić information content (AvgIpc) is 2.64. The predicted octanol–water partition coefficient (Wildman–Crippen LogP) is 5.95. The van der Waals surface area contributed by atoms with Crippen LogP contribution in [0.2, 0.25) is 0 Å². The van der Waals surface area contributed by atoms with Gasteiger partial charge in [0.2, 0.25) is 0 Å². The molecule has 4 heteroatoms. The molecule has 4 nitrogen and oxygen atoms in total. The van der Waals surface area contributed by atoms with Crippen molar-refractivity contribution in [3.63, 3.8) is 0 Å². The Labute approximate surface area is 160 Å². The number of ketones is 2. The lowest BCUT2D eigenvalue weighted by Crippen LogP contribution is -2.01. The zero-order valence-electron chi connectivity index (χ0n) is 16.9. The van der Waals surface area contributed by atoms with Crippen molar-refractivity contribution in [2.75, 3.05) is 6.61 Å². The summed E-state index contributed by atoms with van der Waals surface area (Å²) in [6.45, 7) is 3.18. The maximum atomic E-state index is 11.8. The number of carbonyl (C=O) groups is 3. The van der Waals surface area contributed by atoms with E-state index in [2.05, 4.69) is 11.7 Å². The van der Waals surface area contributed by atoms with Crippen LogP contribution in [0.1, 0.15) is 116 Å². The van der Waals surface area contributed by atoms with E-state index in [-0.39, 0.29) is 0 Å². The van der Waals surface area contributed by atoms with Crippen molar-refractivity contribution in [3.8, 4) is 0 Å². The maximum Gasteiger partial charge on any atom is 0.293 e. The van der Waals surface area contributed by atoms with Crippen LogP contribution >= 0.6 is 0 Å². The van der Waals surface area contributed by atoms with Gasteiger partial charge in [0.05, 0.1) is 6.61 Å². The number of hydrogen-bond acceptors (Lipinski definition) is 4. The molecular weight excluding hydrogens is 328 g/mol. The lowest BCUT2D eigenvalue weighted by Gasteiger charge is -2.03. The van der Waals surface area contributed by atoms with Crippen molar-refractivity contribution >= 4 is 18.0 Å². The van der Waals surface area contributed by atoms with Gasteiger partial charge in [0.1, 0.15) is 11.6 Å². The van der Waals surface area contributed by atoms with E-state index in [0.29, 0.717) is 43.9 Å². The third-order valence-electron chi connectivity index (χ3n) is 4.76. The lowest BCUT2D eigenvalue weighted by molar-refractivity contribution is -0.128. The molecule has 26 heavy (non-hydrogen) atoms. The maximum absolute atomic E-state index is 11.8. The van der Waals surface area contributed by atoms with E-state index in [0.717, 1.165) is 51.4 Å². The molecule has 0 aliphatic rings. The Morgan fingerprint density at radius 2 is 1.00 bits per heavy atom. The monoisotopic (exact) mass is 368 g/mol. The van der Waals surface area contributed by atoms with Gasteiger partial charge >= 0.3 is 0 Å². The summed E-state index contributed by atoms with van der Waals surface area (Å²) in [4.78, 5) is 33.6. The average molecular weight is 369 g/mol. The number of hydrogen-bond donors (Lipinski definition) is 0. The SMILES string of the molecule is CCCCCCCCCC(=O)CCCCC(=O)CCCCCCOC=O. The predicted molar refractivity (Wildman–Crippen MR) is 106 cm³/mol. The first-order chi connectivity index (χ1) is 12.7. The van der Waals surface area contributed by atoms with Gasteiger partial charge in [-0.25, -0.2) is 0 Å². The zero-order chi connectivity index (χ0) is 19.3. The van der Waals surface area contributed by atoms with Crippen LogP contribution in [-0.4, -0.2) is 24.6 Å². The van der Waals surface area contributed by atoms with E-state index in [1.165, 1.54) is 38.5 Å². The summed E-state index contributed by atoms with van der Waals surface area (Å²) in [5, 5.41) is 0. The third kappa shape index (κ3) is 19.1. The molecule has 0 aliphatic heterocycles. The Balaban J connectivity index is 3.32. The minimum atomic E-state index is 0.314. The molecule has 0 spiro atoms. The molecular formula is C22H40O4. The molecule has 0 N–H and O–H groups in total. The second kappa shape index (κ2) is 20.1. The van der Waals surface area contributed by atoms with Crippen LogP contribution in [0.15, 0.2) is 0 Å². The van der Waals surface area contributed by atoms with Crippen LogP contribution in [0.3, 0.4) is 0 Å². The van der Waals surface area contributed by atoms with Crippen molar-refractivity contribution in [2.45, 2.75) is 116 Å². The van der Waals surface area contributed by atoms with E-state index in [1.807, 2.05) is 0 Å². The highest BCUT2D eigenvalue weighted by Crippen LogP contribution is 2.12. The Hall–Kier alpha value is -1.19. The molecule has 0 unspecified atom stereocenters. The van der Waals surface area contributed by atoms with E-state index in [9.17, 15) is 14.4 Å². The van der Waals surface area contributed by atoms with Gasteiger partial charge in [-0.05, 0) is 32.1 Å². The van der Waals surface area contributed by atoms with Gasteiger partial charge in [-0.1, -0.05) is 58.3 Å². The summed E-state index contributed by atoms with van der Waals surface area (Å²) in [7, 11) is 0. The molecule has 0 aromatic heterocycles. The number of Topliss-reactive ketones (excluding diaryl/α,β-unsaturated/α-hetero) is 2. The standard InChI is InChI=1S/C22H40O4/c1-2-3-4-5-6-7-10-15-21(24)17-12-13-18-22(25)16-11-8-9-14-19-26-20-23/h20H,2-19H2,1H3. The van der Waals surface area contributed by atoms with Crippen LogP contribution in [-0.2, 0) is 19.1 Å². The molecule has 0 atom stereocenters. The van der Waals surface area contributed by atoms with Crippen LogP contribution in [0, 0.1) is 0 Å². The Bertz CT molecular complexity index is 352. The fourth-order valence-electron chi connectivity index (χ4n) is 3.08. The molecule has 0 saturated carbocycles. The van der Waals surface area contributed by atoms with Gasteiger partial charge in [-0.2, -0.15) is 0 Å². The molecule has 0 radical (unpaired) electrons. The van der Waals surface area contributed by atoms with Crippen molar-refractivity contribution < 1.29 is 19.1 Å². The summed E-state index contributed by atoms with van der Waals surface area (Å²) in [6.07, 6.45) is 16.8. The molecule has 0 saturated heterocycles. The zero-order valence-corrected chi connectivity index (χ0v) is 16.9. The fourth-order valence-corrected chi connectivity index (χ4v) is 3.08. The first-order valence-electron chi connectivity index (χ1n) is 10.8. The summed E-state index contributed by atoms with van der Waals surface area (Å²) < 4.78 is 4.62. The molecule has 0 rings (SSSR count). The summed E-state index contributed by atoms with van der Waals surface area (Å²) in [5.41, 5.74) is 0. The van der Waals surface area contributed by atoms with Gasteiger partial charge in [-0.3, -0.25) is 14.4 Å². The van der Waals surface area contributed by atoms with Crippen molar-refractivity contribution in [1.29, 1.82) is 0 Å². The van der Waals surface area contributed by atoms with E-state index >= 15 is 0 Å². The minimum absolute atomic E-state index is 0.314. The van der Waals surface area contributed by atoms with E-state index in [4.69, 9.17) is 0 Å². The third-order valence-corrected chi connectivity index (χ3v) is 4.76. The minimum Gasteiger partial charge on any atom is -0.468 e. The van der Waals surface area contributed by atoms with E-state index < -0.39 is 0 Å². The van der Waals surface area contributed by atoms with Crippen LogP contribution in [0.25, 0.3) is 0 Å². The highest BCUT2D eigenvalue weighted by atomic mass is 16.5. The molecule has 152 valence electrons. The molecule has 0 fully saturated rings. The fraction of sp³-hybridized carbons (Fsp3) is 0.864. The summed E-state index contributed by atoms with van der Waals surface area (Å²) in [5.74, 6) is 0.678. The van der Waals surface area contributed by atoms with Crippen molar-refractivity contribution in [3.05, 3.63) is 0 Å². The number of ether oxygens (including phenoxy) is 1. The summed E-state index contributed by atoms with van der Waals surface area (Å²) >= 11 is 0. The number of unbranched alkanes of at least 4 members (excludes halogenated alkanes) is 10. The van der Waals surface area contributed by atoms with E-state index in [1.54, 1.807) is 0 Å². The largest absolute Gasteiger partial charge is 0.468 e. The highest BCUT2D eigenvalue weighted by Gasteiger charge is 2.05. The molecule has 0 amide bonds. The van der Waals surface area contributed by atoms with Gasteiger partial charge in [0.25, 0.3) is 6.47 Å². The van der Waals surface area contributed by atoms with Gasteiger partial charge in [0.15, 0.2) is 0 Å².